The molecular formula is C17H28ClN5. The second kappa shape index (κ2) is 9.63. The van der Waals surface area contributed by atoms with Crippen LogP contribution in [0.1, 0.15) is 19.8 Å². The van der Waals surface area contributed by atoms with Crippen molar-refractivity contribution in [2.75, 3.05) is 50.7 Å². The number of halogens is 1. The summed E-state index contributed by atoms with van der Waals surface area (Å²) in [5.74, 6) is 0.565. The lowest BCUT2D eigenvalue weighted by Crippen LogP contribution is -2.47. The molecule has 2 rings (SSSR count). The second-order valence-electron chi connectivity index (χ2n) is 5.83. The summed E-state index contributed by atoms with van der Waals surface area (Å²) in [4.78, 5) is 9.09. The van der Waals surface area contributed by atoms with Gasteiger partial charge in [0.1, 0.15) is 0 Å². The number of hydrogen-bond acceptors (Lipinski definition) is 3. The van der Waals surface area contributed by atoms with E-state index in [9.17, 15) is 0 Å². The van der Waals surface area contributed by atoms with Crippen LogP contribution < -0.4 is 16.0 Å². The summed E-state index contributed by atoms with van der Waals surface area (Å²) in [5.41, 5.74) is 6.93. The first kappa shape index (κ1) is 17.9. The van der Waals surface area contributed by atoms with E-state index < -0.39 is 0 Å². The van der Waals surface area contributed by atoms with E-state index in [0.717, 1.165) is 69.4 Å². The Hall–Kier alpha value is -1.46. The van der Waals surface area contributed by atoms with Gasteiger partial charge in [-0.15, -0.1) is 0 Å². The van der Waals surface area contributed by atoms with Crippen LogP contribution in [0.25, 0.3) is 0 Å². The molecule has 0 atom stereocenters. The van der Waals surface area contributed by atoms with E-state index in [4.69, 9.17) is 17.3 Å². The van der Waals surface area contributed by atoms with Crippen LogP contribution in [0.5, 0.6) is 0 Å². The molecule has 0 radical (unpaired) electrons. The van der Waals surface area contributed by atoms with Crippen LogP contribution in [0.15, 0.2) is 29.3 Å². The molecule has 1 aliphatic heterocycles. The quantitative estimate of drug-likeness (QED) is 0.455. The Morgan fingerprint density at radius 3 is 2.70 bits per heavy atom. The van der Waals surface area contributed by atoms with Gasteiger partial charge in [0.25, 0.3) is 0 Å². The summed E-state index contributed by atoms with van der Waals surface area (Å²) >= 11 is 6.28. The number of hydrogen-bond donors (Lipinski definition) is 2. The van der Waals surface area contributed by atoms with Gasteiger partial charge in [0, 0.05) is 39.3 Å². The van der Waals surface area contributed by atoms with Crippen molar-refractivity contribution < 1.29 is 0 Å². The van der Waals surface area contributed by atoms with Crippen LogP contribution in [-0.2, 0) is 0 Å². The average molecular weight is 338 g/mol. The van der Waals surface area contributed by atoms with Gasteiger partial charge in [-0.2, -0.15) is 0 Å². The smallest absolute Gasteiger partial charge is 0.188 e. The van der Waals surface area contributed by atoms with Crippen molar-refractivity contribution in [3.63, 3.8) is 0 Å². The van der Waals surface area contributed by atoms with Gasteiger partial charge in [0.15, 0.2) is 5.96 Å². The first-order valence-electron chi connectivity index (χ1n) is 8.46. The minimum absolute atomic E-state index is 0.565. The van der Waals surface area contributed by atoms with E-state index >= 15 is 0 Å². The number of para-hydroxylation sites is 1. The SMILES string of the molecule is CCCN=C(N)NCCCN1CCN(c2ccccc2Cl)CC1. The van der Waals surface area contributed by atoms with Gasteiger partial charge in [0.05, 0.1) is 10.7 Å². The Balaban J connectivity index is 1.65. The third kappa shape index (κ3) is 5.92. The Morgan fingerprint density at radius 2 is 2.00 bits per heavy atom. The monoisotopic (exact) mass is 337 g/mol. The summed E-state index contributed by atoms with van der Waals surface area (Å²) in [6, 6.07) is 8.08. The van der Waals surface area contributed by atoms with Gasteiger partial charge in [-0.25, -0.2) is 0 Å². The number of nitrogens with two attached hydrogens (primary N) is 1. The number of benzene rings is 1. The molecule has 1 aromatic rings. The van der Waals surface area contributed by atoms with Crippen molar-refractivity contribution in [1.29, 1.82) is 0 Å². The largest absolute Gasteiger partial charge is 0.370 e. The highest BCUT2D eigenvalue weighted by atomic mass is 35.5. The molecule has 0 bridgehead atoms. The van der Waals surface area contributed by atoms with Crippen molar-refractivity contribution in [3.05, 3.63) is 29.3 Å². The van der Waals surface area contributed by atoms with E-state index in [1.165, 1.54) is 0 Å². The standard InChI is InChI=1S/C17H28ClN5/c1-2-8-20-17(19)21-9-5-10-22-11-13-23(14-12-22)16-7-4-3-6-15(16)18/h3-4,6-7H,2,5,8-14H2,1H3,(H3,19,20,21). The molecule has 1 fully saturated rings. The van der Waals surface area contributed by atoms with Crippen LogP contribution in [-0.4, -0.2) is 56.7 Å². The third-order valence-corrected chi connectivity index (χ3v) is 4.35. The lowest BCUT2D eigenvalue weighted by Gasteiger charge is -2.36. The summed E-state index contributed by atoms with van der Waals surface area (Å²) in [7, 11) is 0. The number of nitrogens with zero attached hydrogens (tertiary/aromatic N) is 3. The van der Waals surface area contributed by atoms with E-state index in [1.807, 2.05) is 18.2 Å². The molecule has 23 heavy (non-hydrogen) atoms. The summed E-state index contributed by atoms with van der Waals surface area (Å²) in [6.07, 6.45) is 2.10. The maximum atomic E-state index is 6.28. The number of anilines is 1. The van der Waals surface area contributed by atoms with Crippen LogP contribution in [0.4, 0.5) is 5.69 Å². The van der Waals surface area contributed by atoms with Gasteiger partial charge >= 0.3 is 0 Å². The molecule has 0 unspecified atom stereocenters. The van der Waals surface area contributed by atoms with E-state index in [0.29, 0.717) is 5.96 Å². The molecule has 0 aliphatic carbocycles. The average Bonchev–Trinajstić information content (AvgIpc) is 2.58. The maximum Gasteiger partial charge on any atom is 0.188 e. The number of piperazine rings is 1. The minimum Gasteiger partial charge on any atom is -0.370 e. The predicted octanol–water partition coefficient (Wildman–Crippen LogP) is 2.17. The normalized spacial score (nSPS) is 16.6. The Kier molecular flexibility index (Phi) is 7.49. The van der Waals surface area contributed by atoms with E-state index in [-0.39, 0.29) is 0 Å². The van der Waals surface area contributed by atoms with E-state index in [2.05, 4.69) is 33.1 Å². The Morgan fingerprint density at radius 1 is 1.26 bits per heavy atom. The fourth-order valence-corrected chi connectivity index (χ4v) is 2.98. The topological polar surface area (TPSA) is 56.9 Å². The van der Waals surface area contributed by atoms with Gasteiger partial charge < -0.3 is 16.0 Å². The van der Waals surface area contributed by atoms with Crippen molar-refractivity contribution >= 4 is 23.2 Å². The predicted molar refractivity (Wildman–Crippen MR) is 99.5 cm³/mol. The van der Waals surface area contributed by atoms with Crippen LogP contribution in [0.2, 0.25) is 5.02 Å². The molecule has 5 nitrogen and oxygen atoms in total. The van der Waals surface area contributed by atoms with Gasteiger partial charge in [0.2, 0.25) is 0 Å². The second-order valence-corrected chi connectivity index (χ2v) is 6.23. The van der Waals surface area contributed by atoms with Crippen LogP contribution >= 0.6 is 11.6 Å². The first-order chi connectivity index (χ1) is 11.2. The van der Waals surface area contributed by atoms with Crippen LogP contribution in [0.3, 0.4) is 0 Å². The molecule has 1 heterocycles. The van der Waals surface area contributed by atoms with Gasteiger partial charge in [-0.1, -0.05) is 30.7 Å². The molecule has 1 saturated heterocycles. The van der Waals surface area contributed by atoms with Crippen molar-refractivity contribution in [2.45, 2.75) is 19.8 Å². The number of rotatable bonds is 7. The molecule has 1 aliphatic rings. The fraction of sp³-hybridized carbons (Fsp3) is 0.588. The molecule has 0 amide bonds. The van der Waals surface area contributed by atoms with E-state index in [1.54, 1.807) is 0 Å². The van der Waals surface area contributed by atoms with Crippen molar-refractivity contribution in [1.82, 2.24) is 10.2 Å². The lowest BCUT2D eigenvalue weighted by molar-refractivity contribution is 0.255. The van der Waals surface area contributed by atoms with Crippen molar-refractivity contribution in [2.24, 2.45) is 10.7 Å². The lowest BCUT2D eigenvalue weighted by atomic mass is 10.2. The molecule has 0 spiro atoms. The number of nitrogens with one attached hydrogen (secondary N) is 1. The summed E-state index contributed by atoms with van der Waals surface area (Å²) in [5, 5.41) is 4.01. The molecule has 1 aromatic carbocycles. The number of guanidine groups is 1. The molecular weight excluding hydrogens is 310 g/mol. The zero-order chi connectivity index (χ0) is 16.5. The zero-order valence-electron chi connectivity index (χ0n) is 14.0. The highest BCUT2D eigenvalue weighted by molar-refractivity contribution is 6.33. The van der Waals surface area contributed by atoms with Crippen LogP contribution in [0, 0.1) is 0 Å². The molecule has 128 valence electrons. The van der Waals surface area contributed by atoms with Crippen molar-refractivity contribution in [3.8, 4) is 0 Å². The number of aliphatic imine (C=N–C) groups is 1. The summed E-state index contributed by atoms with van der Waals surface area (Å²) in [6.45, 7) is 9.06. The maximum absolute atomic E-state index is 6.28. The Labute approximate surface area is 144 Å². The third-order valence-electron chi connectivity index (χ3n) is 4.03. The molecule has 0 aromatic heterocycles. The summed E-state index contributed by atoms with van der Waals surface area (Å²) < 4.78 is 0. The molecule has 3 N–H and O–H groups in total. The van der Waals surface area contributed by atoms with Gasteiger partial charge in [-0.3, -0.25) is 9.89 Å². The fourth-order valence-electron chi connectivity index (χ4n) is 2.73. The molecule has 0 saturated carbocycles. The zero-order valence-corrected chi connectivity index (χ0v) is 14.7. The Bertz CT molecular complexity index is 498. The highest BCUT2D eigenvalue weighted by Gasteiger charge is 2.18. The first-order valence-corrected chi connectivity index (χ1v) is 8.84. The molecule has 6 heteroatoms. The van der Waals surface area contributed by atoms with Gasteiger partial charge in [-0.05, 0) is 31.5 Å². The minimum atomic E-state index is 0.565. The highest BCUT2D eigenvalue weighted by Crippen LogP contribution is 2.25.